The van der Waals surface area contributed by atoms with Gasteiger partial charge in [-0.3, -0.25) is 4.79 Å². The van der Waals surface area contributed by atoms with Crippen LogP contribution in [0, 0.1) is 0 Å². The zero-order valence-corrected chi connectivity index (χ0v) is 22.5. The van der Waals surface area contributed by atoms with Gasteiger partial charge in [0.25, 0.3) is 5.91 Å². The maximum absolute atomic E-state index is 12.5. The summed E-state index contributed by atoms with van der Waals surface area (Å²) >= 11 is 0. The number of hydrogen-bond donors (Lipinski definition) is 1. The lowest BCUT2D eigenvalue weighted by molar-refractivity contribution is 0.00990. The Balaban J connectivity index is 0.00000512. The van der Waals surface area contributed by atoms with Crippen LogP contribution in [-0.2, 0) is 16.0 Å². The maximum atomic E-state index is 12.5. The van der Waals surface area contributed by atoms with E-state index < -0.39 is 0 Å². The molecule has 1 aromatic rings. The Morgan fingerprint density at radius 1 is 1.12 bits per heavy atom. The van der Waals surface area contributed by atoms with Gasteiger partial charge in [0, 0.05) is 58.6 Å². The number of likely N-dealkylation sites (tertiary alicyclic amines) is 1. The van der Waals surface area contributed by atoms with Crippen LogP contribution in [0.2, 0.25) is 0 Å². The van der Waals surface area contributed by atoms with Gasteiger partial charge in [-0.2, -0.15) is 0 Å². The number of methoxy groups -OCH3 is 1. The summed E-state index contributed by atoms with van der Waals surface area (Å²) in [6.45, 7) is 12.4. The zero-order chi connectivity index (χ0) is 22.5. The number of amides is 1. The van der Waals surface area contributed by atoms with Crippen LogP contribution in [0.5, 0.6) is 0 Å². The summed E-state index contributed by atoms with van der Waals surface area (Å²) in [4.78, 5) is 21.5. The van der Waals surface area contributed by atoms with Crippen molar-refractivity contribution in [3.63, 3.8) is 0 Å². The lowest BCUT2D eigenvalue weighted by Crippen LogP contribution is -2.47. The monoisotopic (exact) mass is 560 g/mol. The van der Waals surface area contributed by atoms with E-state index in [9.17, 15) is 4.79 Å². The van der Waals surface area contributed by atoms with Crippen LogP contribution in [0.15, 0.2) is 29.3 Å². The van der Waals surface area contributed by atoms with Gasteiger partial charge in [-0.05, 0) is 57.7 Å². The standard InChI is InChI=1S/C24H40N4O3.HI/c1-5-25-24(28-15-13-22(14-16-28)31-18-8-17-30-4)26-19-20-9-11-21(12-10-20)23(29)27(6-2)7-3;/h9-12,22H,5-8,13-19H2,1-4H3,(H,25,26);1H. The number of halogens is 1. The summed E-state index contributed by atoms with van der Waals surface area (Å²) in [5.41, 5.74) is 1.83. The average Bonchev–Trinajstić information content (AvgIpc) is 2.81. The molecular formula is C24H41IN4O3. The van der Waals surface area contributed by atoms with Crippen LogP contribution in [0.4, 0.5) is 0 Å². The van der Waals surface area contributed by atoms with Crippen molar-refractivity contribution < 1.29 is 14.3 Å². The van der Waals surface area contributed by atoms with Crippen molar-refractivity contribution in [2.24, 2.45) is 4.99 Å². The van der Waals surface area contributed by atoms with E-state index in [0.717, 1.165) is 82.3 Å². The first-order valence-corrected chi connectivity index (χ1v) is 11.6. The SMILES string of the molecule is CCNC(=NCc1ccc(C(=O)N(CC)CC)cc1)N1CCC(OCCCOC)CC1.I. The van der Waals surface area contributed by atoms with E-state index in [2.05, 4.69) is 17.1 Å². The number of ether oxygens (including phenoxy) is 2. The normalized spacial score (nSPS) is 14.8. The smallest absolute Gasteiger partial charge is 0.253 e. The molecule has 0 aliphatic carbocycles. The number of nitrogens with zero attached hydrogens (tertiary/aromatic N) is 3. The molecule has 0 aromatic heterocycles. The number of benzene rings is 1. The number of aliphatic imine (C=N–C) groups is 1. The van der Waals surface area contributed by atoms with E-state index in [0.29, 0.717) is 12.6 Å². The molecule has 7 nitrogen and oxygen atoms in total. The van der Waals surface area contributed by atoms with Crippen LogP contribution < -0.4 is 5.32 Å². The summed E-state index contributed by atoms with van der Waals surface area (Å²) in [6.07, 6.45) is 3.30. The molecule has 2 rings (SSSR count). The number of piperidine rings is 1. The first-order chi connectivity index (χ1) is 15.1. The zero-order valence-electron chi connectivity index (χ0n) is 20.1. The number of rotatable bonds is 11. The van der Waals surface area contributed by atoms with Crippen molar-refractivity contribution in [3.05, 3.63) is 35.4 Å². The predicted octanol–water partition coefficient (Wildman–Crippen LogP) is 3.77. The Kier molecular flexibility index (Phi) is 14.6. The highest BCUT2D eigenvalue weighted by Crippen LogP contribution is 2.15. The second-order valence-electron chi connectivity index (χ2n) is 7.75. The summed E-state index contributed by atoms with van der Waals surface area (Å²) in [5.74, 6) is 1.03. The lowest BCUT2D eigenvalue weighted by atomic mass is 10.1. The predicted molar refractivity (Wildman–Crippen MR) is 141 cm³/mol. The second kappa shape index (κ2) is 16.3. The summed E-state index contributed by atoms with van der Waals surface area (Å²) < 4.78 is 11.0. The maximum Gasteiger partial charge on any atom is 0.253 e. The van der Waals surface area contributed by atoms with Crippen LogP contribution in [0.3, 0.4) is 0 Å². The van der Waals surface area contributed by atoms with Gasteiger partial charge in [-0.15, -0.1) is 24.0 Å². The van der Waals surface area contributed by atoms with Gasteiger partial charge >= 0.3 is 0 Å². The van der Waals surface area contributed by atoms with E-state index in [1.165, 1.54) is 0 Å². The average molecular weight is 561 g/mol. The number of hydrogen-bond acceptors (Lipinski definition) is 4. The minimum absolute atomic E-state index is 0. The molecule has 1 aliphatic heterocycles. The van der Waals surface area contributed by atoms with E-state index in [1.54, 1.807) is 7.11 Å². The first-order valence-electron chi connectivity index (χ1n) is 11.6. The van der Waals surface area contributed by atoms with E-state index >= 15 is 0 Å². The molecule has 1 amide bonds. The minimum Gasteiger partial charge on any atom is -0.385 e. The van der Waals surface area contributed by atoms with Gasteiger partial charge < -0.3 is 24.6 Å². The van der Waals surface area contributed by atoms with Crippen molar-refractivity contribution in [2.75, 3.05) is 53.0 Å². The molecule has 1 heterocycles. The molecule has 0 radical (unpaired) electrons. The van der Waals surface area contributed by atoms with E-state index in [-0.39, 0.29) is 29.9 Å². The highest BCUT2D eigenvalue weighted by molar-refractivity contribution is 14.0. The highest BCUT2D eigenvalue weighted by atomic mass is 127. The molecule has 0 spiro atoms. The van der Waals surface area contributed by atoms with Crippen LogP contribution >= 0.6 is 24.0 Å². The fourth-order valence-electron chi connectivity index (χ4n) is 3.73. The number of carbonyl (C=O) groups is 1. The molecule has 8 heteroatoms. The molecule has 182 valence electrons. The molecular weight excluding hydrogens is 519 g/mol. The Bertz CT molecular complexity index is 672. The first kappa shape index (κ1) is 28.6. The third-order valence-electron chi connectivity index (χ3n) is 5.59. The van der Waals surface area contributed by atoms with Gasteiger partial charge in [0.15, 0.2) is 5.96 Å². The van der Waals surface area contributed by atoms with Crippen molar-refractivity contribution in [1.29, 1.82) is 0 Å². The highest BCUT2D eigenvalue weighted by Gasteiger charge is 2.21. The Morgan fingerprint density at radius 3 is 2.34 bits per heavy atom. The Labute approximate surface area is 210 Å². The van der Waals surface area contributed by atoms with Gasteiger partial charge in [0.2, 0.25) is 0 Å². The van der Waals surface area contributed by atoms with Crippen LogP contribution in [0.1, 0.15) is 56.0 Å². The Morgan fingerprint density at radius 2 is 1.78 bits per heavy atom. The molecule has 0 unspecified atom stereocenters. The molecule has 0 bridgehead atoms. The summed E-state index contributed by atoms with van der Waals surface area (Å²) in [6, 6.07) is 7.82. The topological polar surface area (TPSA) is 66.4 Å². The quantitative estimate of drug-likeness (QED) is 0.193. The molecule has 1 fully saturated rings. The van der Waals surface area contributed by atoms with Crippen molar-refractivity contribution >= 4 is 35.8 Å². The third kappa shape index (κ3) is 9.23. The van der Waals surface area contributed by atoms with Crippen molar-refractivity contribution in [1.82, 2.24) is 15.1 Å². The summed E-state index contributed by atoms with van der Waals surface area (Å²) in [5, 5.41) is 3.41. The molecule has 1 N–H and O–H groups in total. The van der Waals surface area contributed by atoms with Gasteiger partial charge in [0.1, 0.15) is 0 Å². The lowest BCUT2D eigenvalue weighted by Gasteiger charge is -2.34. The largest absolute Gasteiger partial charge is 0.385 e. The fraction of sp³-hybridized carbons (Fsp3) is 0.667. The summed E-state index contributed by atoms with van der Waals surface area (Å²) in [7, 11) is 1.72. The van der Waals surface area contributed by atoms with E-state index in [1.807, 2.05) is 43.0 Å². The Hall–Kier alpha value is -1.39. The number of guanidine groups is 1. The van der Waals surface area contributed by atoms with Gasteiger partial charge in [-0.1, -0.05) is 12.1 Å². The molecule has 1 aliphatic rings. The van der Waals surface area contributed by atoms with Crippen LogP contribution in [-0.4, -0.2) is 80.8 Å². The third-order valence-corrected chi connectivity index (χ3v) is 5.59. The van der Waals surface area contributed by atoms with Gasteiger partial charge in [0.05, 0.1) is 12.6 Å². The fourth-order valence-corrected chi connectivity index (χ4v) is 3.73. The number of carbonyl (C=O) groups excluding carboxylic acids is 1. The molecule has 1 aromatic carbocycles. The molecule has 0 saturated carbocycles. The van der Waals surface area contributed by atoms with Gasteiger partial charge in [-0.25, -0.2) is 4.99 Å². The minimum atomic E-state index is 0. The van der Waals surface area contributed by atoms with E-state index in [4.69, 9.17) is 14.5 Å². The molecule has 32 heavy (non-hydrogen) atoms. The number of nitrogens with one attached hydrogen (secondary N) is 1. The molecule has 0 atom stereocenters. The van der Waals surface area contributed by atoms with Crippen molar-refractivity contribution in [3.8, 4) is 0 Å². The second-order valence-corrected chi connectivity index (χ2v) is 7.75. The van der Waals surface area contributed by atoms with Crippen molar-refractivity contribution in [2.45, 2.75) is 52.7 Å². The van der Waals surface area contributed by atoms with Crippen LogP contribution in [0.25, 0.3) is 0 Å². The molecule has 1 saturated heterocycles.